The van der Waals surface area contributed by atoms with E-state index in [9.17, 15) is 4.79 Å². The minimum atomic E-state index is -0.460. The number of hydrogen-bond donors (Lipinski definition) is 0. The predicted octanol–water partition coefficient (Wildman–Crippen LogP) is 5.78. The average Bonchev–Trinajstić information content (AvgIpc) is 3.24. The molecule has 3 fully saturated rings. The molecule has 7 heteroatoms. The van der Waals surface area contributed by atoms with Crippen molar-refractivity contribution in [2.75, 3.05) is 49.1 Å². The first-order valence-corrected chi connectivity index (χ1v) is 13.5. The largest absolute Gasteiger partial charge is 0.444 e. The summed E-state index contributed by atoms with van der Waals surface area (Å²) in [5.41, 5.74) is 5.40. The smallest absolute Gasteiger partial charge is 0.410 e. The number of nitrogens with zero attached hydrogens (tertiary/aromatic N) is 4. The van der Waals surface area contributed by atoms with Crippen molar-refractivity contribution in [1.82, 2.24) is 9.88 Å². The van der Waals surface area contributed by atoms with Gasteiger partial charge in [0, 0.05) is 55.4 Å². The molecule has 6 nitrogen and oxygen atoms in total. The molecule has 2 saturated heterocycles. The molecule has 2 aromatic heterocycles. The number of rotatable bonds is 3. The summed E-state index contributed by atoms with van der Waals surface area (Å²) in [6.45, 7) is 13.2. The van der Waals surface area contributed by atoms with Gasteiger partial charge in [-0.1, -0.05) is 12.1 Å². The number of aryl methyl sites for hydroxylation is 1. The van der Waals surface area contributed by atoms with Gasteiger partial charge in [-0.2, -0.15) is 0 Å². The zero-order chi connectivity index (χ0) is 24.3. The highest BCUT2D eigenvalue weighted by atomic mass is 32.1. The molecule has 0 spiro atoms. The van der Waals surface area contributed by atoms with Crippen LogP contribution in [0.4, 0.5) is 16.2 Å². The molecule has 1 aromatic carbocycles. The third-order valence-corrected chi connectivity index (χ3v) is 8.42. The third kappa shape index (κ3) is 4.58. The van der Waals surface area contributed by atoms with Crippen molar-refractivity contribution in [3.8, 4) is 11.3 Å². The number of amides is 1. The van der Waals surface area contributed by atoms with Crippen molar-refractivity contribution >= 4 is 39.0 Å². The van der Waals surface area contributed by atoms with Gasteiger partial charge in [0.25, 0.3) is 0 Å². The number of hydrogen-bond acceptors (Lipinski definition) is 6. The predicted molar refractivity (Wildman–Crippen MR) is 144 cm³/mol. The van der Waals surface area contributed by atoms with Gasteiger partial charge in [-0.15, -0.1) is 11.3 Å². The fraction of sp³-hybridized carbons (Fsp3) is 0.500. The third-order valence-electron chi connectivity index (χ3n) is 7.36. The number of ether oxygens (including phenoxy) is 1. The Morgan fingerprint density at radius 3 is 2.34 bits per heavy atom. The molecule has 1 aliphatic carbocycles. The van der Waals surface area contributed by atoms with Gasteiger partial charge in [-0.3, -0.25) is 0 Å². The van der Waals surface area contributed by atoms with Crippen molar-refractivity contribution in [3.05, 3.63) is 41.3 Å². The summed E-state index contributed by atoms with van der Waals surface area (Å²) in [4.78, 5) is 25.5. The van der Waals surface area contributed by atoms with Crippen LogP contribution in [0.15, 0.2) is 36.4 Å². The topological polar surface area (TPSA) is 48.9 Å². The Morgan fingerprint density at radius 1 is 1.00 bits per heavy atom. The molecule has 6 rings (SSSR count). The number of piperazine rings is 1. The lowest BCUT2D eigenvalue weighted by molar-refractivity contribution is 0.0240. The number of anilines is 2. The van der Waals surface area contributed by atoms with E-state index < -0.39 is 5.60 Å². The quantitative estimate of drug-likeness (QED) is 0.465. The van der Waals surface area contributed by atoms with Crippen molar-refractivity contribution in [2.45, 2.75) is 39.7 Å². The van der Waals surface area contributed by atoms with Gasteiger partial charge in [-0.25, -0.2) is 9.78 Å². The lowest BCUT2D eigenvalue weighted by Gasteiger charge is -2.36. The van der Waals surface area contributed by atoms with E-state index >= 15 is 0 Å². The van der Waals surface area contributed by atoms with Crippen LogP contribution in [0.3, 0.4) is 0 Å². The van der Waals surface area contributed by atoms with E-state index in [0.29, 0.717) is 13.1 Å². The van der Waals surface area contributed by atoms with Gasteiger partial charge < -0.3 is 19.4 Å². The maximum atomic E-state index is 12.4. The Balaban J connectivity index is 1.18. The summed E-state index contributed by atoms with van der Waals surface area (Å²) in [5.74, 6) is 1.80. The highest BCUT2D eigenvalue weighted by Crippen LogP contribution is 2.48. The molecule has 184 valence electrons. The van der Waals surface area contributed by atoms with E-state index in [4.69, 9.17) is 9.72 Å². The fourth-order valence-electron chi connectivity index (χ4n) is 5.42. The van der Waals surface area contributed by atoms with Gasteiger partial charge in [0.1, 0.15) is 5.60 Å². The second-order valence-corrected chi connectivity index (χ2v) is 12.5. The number of carbonyl (C=O) groups is 1. The van der Waals surface area contributed by atoms with Gasteiger partial charge in [0.2, 0.25) is 0 Å². The normalized spacial score (nSPS) is 22.0. The van der Waals surface area contributed by atoms with Crippen LogP contribution < -0.4 is 9.80 Å². The summed E-state index contributed by atoms with van der Waals surface area (Å²) in [6.07, 6.45) is 1.19. The highest BCUT2D eigenvalue weighted by Gasteiger charge is 2.45. The summed E-state index contributed by atoms with van der Waals surface area (Å²) in [6, 6.07) is 13.3. The second kappa shape index (κ2) is 8.40. The van der Waals surface area contributed by atoms with Crippen LogP contribution in [-0.2, 0) is 4.74 Å². The second-order valence-electron chi connectivity index (χ2n) is 11.3. The van der Waals surface area contributed by atoms with E-state index in [1.54, 1.807) is 0 Å². The van der Waals surface area contributed by atoms with E-state index in [1.165, 1.54) is 40.5 Å². The van der Waals surface area contributed by atoms with E-state index in [1.807, 2.05) is 37.0 Å². The van der Waals surface area contributed by atoms with Crippen LogP contribution in [0.1, 0.15) is 32.1 Å². The molecule has 0 radical (unpaired) electrons. The lowest BCUT2D eigenvalue weighted by atomic mass is 10.1. The number of pyridine rings is 1. The maximum absolute atomic E-state index is 12.4. The lowest BCUT2D eigenvalue weighted by Crippen LogP contribution is -2.50. The van der Waals surface area contributed by atoms with Crippen molar-refractivity contribution < 1.29 is 9.53 Å². The van der Waals surface area contributed by atoms with Crippen LogP contribution in [-0.4, -0.2) is 60.8 Å². The first-order chi connectivity index (χ1) is 16.7. The minimum Gasteiger partial charge on any atom is -0.444 e. The molecule has 1 amide bonds. The number of benzene rings is 1. The number of fused-ring (bicyclic) bond motifs is 2. The number of piperidine rings is 1. The molecule has 3 aliphatic rings. The van der Waals surface area contributed by atoms with Gasteiger partial charge in [-0.05, 0) is 70.2 Å². The monoisotopic (exact) mass is 490 g/mol. The Bertz CT molecular complexity index is 1240. The van der Waals surface area contributed by atoms with Crippen LogP contribution in [0.5, 0.6) is 0 Å². The Hall–Kier alpha value is -2.80. The maximum Gasteiger partial charge on any atom is 0.410 e. The van der Waals surface area contributed by atoms with E-state index in [-0.39, 0.29) is 6.09 Å². The Kier molecular flexibility index (Phi) is 5.44. The van der Waals surface area contributed by atoms with Gasteiger partial charge in [0.15, 0.2) is 0 Å². The van der Waals surface area contributed by atoms with E-state index in [2.05, 4.69) is 53.1 Å². The summed E-state index contributed by atoms with van der Waals surface area (Å²) < 4.78 is 6.85. The standard InChI is InChI=1S/C28H34N4O2S/c1-18-13-24-26(35-18)25(32-16-20-14-21(20)17-32)15-23(29-24)19-5-7-22(8-6-19)30-9-11-31(12-10-30)27(33)34-28(2,3)4/h5-8,13,15,20-21H,9-12,14,16-17H2,1-4H3. The summed E-state index contributed by atoms with van der Waals surface area (Å²) in [7, 11) is 0. The van der Waals surface area contributed by atoms with Crippen molar-refractivity contribution in [2.24, 2.45) is 11.8 Å². The van der Waals surface area contributed by atoms with Crippen LogP contribution in [0.2, 0.25) is 0 Å². The molecule has 0 bridgehead atoms. The first kappa shape index (κ1) is 22.7. The molecule has 2 unspecified atom stereocenters. The summed E-state index contributed by atoms with van der Waals surface area (Å²) >= 11 is 1.86. The van der Waals surface area contributed by atoms with Crippen molar-refractivity contribution in [3.63, 3.8) is 0 Å². The van der Waals surface area contributed by atoms with Crippen LogP contribution in [0.25, 0.3) is 21.5 Å². The number of carbonyl (C=O) groups excluding carboxylic acids is 1. The van der Waals surface area contributed by atoms with E-state index in [0.717, 1.165) is 41.7 Å². The Labute approximate surface area is 211 Å². The molecule has 0 N–H and O–H groups in total. The zero-order valence-electron chi connectivity index (χ0n) is 21.1. The summed E-state index contributed by atoms with van der Waals surface area (Å²) in [5, 5.41) is 0. The first-order valence-electron chi connectivity index (χ1n) is 12.7. The van der Waals surface area contributed by atoms with Crippen molar-refractivity contribution in [1.29, 1.82) is 0 Å². The Morgan fingerprint density at radius 2 is 1.69 bits per heavy atom. The zero-order valence-corrected chi connectivity index (χ0v) is 21.9. The molecule has 4 heterocycles. The number of aromatic nitrogens is 1. The molecule has 1 saturated carbocycles. The molecule has 35 heavy (non-hydrogen) atoms. The number of thiophene rings is 1. The van der Waals surface area contributed by atoms with Gasteiger partial charge >= 0.3 is 6.09 Å². The van der Waals surface area contributed by atoms with Crippen LogP contribution >= 0.6 is 11.3 Å². The fourth-order valence-corrected chi connectivity index (χ4v) is 6.41. The molecule has 2 atom stereocenters. The molecule has 3 aromatic rings. The minimum absolute atomic E-state index is 0.219. The molecule has 2 aliphatic heterocycles. The van der Waals surface area contributed by atoms with Gasteiger partial charge in [0.05, 0.1) is 21.6 Å². The molecular weight excluding hydrogens is 456 g/mol. The SMILES string of the molecule is Cc1cc2nc(-c3ccc(N4CCN(C(=O)OC(C)(C)C)CC4)cc3)cc(N3CC4CC4C3)c2s1. The van der Waals surface area contributed by atoms with Crippen LogP contribution in [0, 0.1) is 18.8 Å². The molecular formula is C28H34N4O2S. The average molecular weight is 491 g/mol. The highest BCUT2D eigenvalue weighted by molar-refractivity contribution is 7.19.